The second kappa shape index (κ2) is 15.3. The van der Waals surface area contributed by atoms with Crippen molar-refractivity contribution in [1.29, 1.82) is 0 Å². The van der Waals surface area contributed by atoms with Gasteiger partial charge in [-0.05, 0) is 44.2 Å². The lowest BCUT2D eigenvalue weighted by Gasteiger charge is -2.23. The van der Waals surface area contributed by atoms with Gasteiger partial charge in [0.1, 0.15) is 6.54 Å². The van der Waals surface area contributed by atoms with Gasteiger partial charge in [-0.1, -0.05) is 18.2 Å². The summed E-state index contributed by atoms with van der Waals surface area (Å²) in [5.41, 5.74) is 1.21. The fourth-order valence-electron chi connectivity index (χ4n) is 3.18. The Morgan fingerprint density at radius 1 is 1.13 bits per heavy atom. The van der Waals surface area contributed by atoms with E-state index in [1.807, 2.05) is 6.07 Å². The zero-order valence-electron chi connectivity index (χ0n) is 18.6. The van der Waals surface area contributed by atoms with E-state index in [1.165, 1.54) is 18.5 Å². The van der Waals surface area contributed by atoms with Crippen molar-refractivity contribution in [3.05, 3.63) is 30.3 Å². The van der Waals surface area contributed by atoms with Crippen molar-refractivity contribution < 1.29 is 9.53 Å². The van der Waals surface area contributed by atoms with Crippen molar-refractivity contribution in [1.82, 2.24) is 15.5 Å². The Morgan fingerprint density at radius 2 is 1.87 bits per heavy atom. The number of ether oxygens (including phenoxy) is 1. The lowest BCUT2D eigenvalue weighted by atomic mass is 10.1. The monoisotopic (exact) mass is 531 g/mol. The lowest BCUT2D eigenvalue weighted by molar-refractivity contribution is -0.127. The molecule has 30 heavy (non-hydrogen) atoms. The van der Waals surface area contributed by atoms with Gasteiger partial charge in [0.05, 0.1) is 6.10 Å². The molecule has 1 aromatic carbocycles. The van der Waals surface area contributed by atoms with Crippen LogP contribution >= 0.6 is 24.0 Å². The van der Waals surface area contributed by atoms with Gasteiger partial charge in [0.2, 0.25) is 5.91 Å². The van der Waals surface area contributed by atoms with Crippen LogP contribution in [0.15, 0.2) is 35.3 Å². The Balaban J connectivity index is 0.00000450. The third kappa shape index (κ3) is 10.5. The number of guanidine groups is 1. The van der Waals surface area contributed by atoms with Crippen molar-refractivity contribution in [2.24, 2.45) is 4.99 Å². The van der Waals surface area contributed by atoms with Gasteiger partial charge in [-0.15, -0.1) is 24.0 Å². The number of para-hydroxylation sites is 1. The second-order valence-electron chi connectivity index (χ2n) is 7.69. The van der Waals surface area contributed by atoms with Crippen LogP contribution in [0.4, 0.5) is 5.69 Å². The smallest absolute Gasteiger partial charge is 0.243 e. The van der Waals surface area contributed by atoms with Gasteiger partial charge >= 0.3 is 0 Å². The van der Waals surface area contributed by atoms with Crippen molar-refractivity contribution in [3.63, 3.8) is 0 Å². The fraction of sp³-hybridized carbons (Fsp3) is 0.636. The van der Waals surface area contributed by atoms with Crippen molar-refractivity contribution >= 4 is 41.5 Å². The van der Waals surface area contributed by atoms with Crippen molar-refractivity contribution in [3.8, 4) is 0 Å². The predicted molar refractivity (Wildman–Crippen MR) is 135 cm³/mol. The molecule has 1 amide bonds. The van der Waals surface area contributed by atoms with Gasteiger partial charge in [0, 0.05) is 53.1 Å². The van der Waals surface area contributed by atoms with Crippen molar-refractivity contribution in [2.45, 2.75) is 38.2 Å². The fourth-order valence-corrected chi connectivity index (χ4v) is 3.18. The molecule has 0 bridgehead atoms. The summed E-state index contributed by atoms with van der Waals surface area (Å²) in [5, 5.41) is 6.71. The molecule has 8 heteroatoms. The number of nitrogens with one attached hydrogen (secondary N) is 2. The normalized spacial score (nSPS) is 16.4. The van der Waals surface area contributed by atoms with E-state index >= 15 is 0 Å². The molecule has 1 aliphatic rings. The molecule has 0 spiro atoms. The van der Waals surface area contributed by atoms with Crippen LogP contribution in [-0.4, -0.2) is 76.8 Å². The van der Waals surface area contributed by atoms with Gasteiger partial charge < -0.3 is 25.2 Å². The Kier molecular flexibility index (Phi) is 13.5. The number of carbonyl (C=O) groups is 1. The van der Waals surface area contributed by atoms with Crippen LogP contribution in [0, 0.1) is 0 Å². The number of hydrogen-bond donors (Lipinski definition) is 2. The molecule has 1 heterocycles. The van der Waals surface area contributed by atoms with Crippen LogP contribution in [0.1, 0.15) is 32.1 Å². The Labute approximate surface area is 198 Å². The summed E-state index contributed by atoms with van der Waals surface area (Å²) < 4.78 is 5.79. The minimum Gasteiger partial charge on any atom is -0.378 e. The van der Waals surface area contributed by atoms with Crippen LogP contribution in [0.5, 0.6) is 0 Å². The number of hydrogen-bond acceptors (Lipinski definition) is 4. The summed E-state index contributed by atoms with van der Waals surface area (Å²) in [5.74, 6) is 0.684. The zero-order chi connectivity index (χ0) is 20.9. The molecule has 1 fully saturated rings. The average Bonchev–Trinajstić information content (AvgIpc) is 2.75. The SMILES string of the molecule is CN(C)C(=O)CN=C(NCCCN(C)c1ccccc1)NCCC1CCCCO1.I. The van der Waals surface area contributed by atoms with Crippen LogP contribution in [0.3, 0.4) is 0 Å². The molecule has 1 aliphatic heterocycles. The molecular formula is C22H38IN5O2. The molecule has 1 saturated heterocycles. The minimum atomic E-state index is -0.00877. The first-order chi connectivity index (χ1) is 14.1. The highest BCUT2D eigenvalue weighted by atomic mass is 127. The molecule has 1 aromatic rings. The van der Waals surface area contributed by atoms with E-state index in [4.69, 9.17) is 4.74 Å². The standard InChI is InChI=1S/C22H37N5O2.HI/c1-26(2)21(28)18-25-22(24-15-13-20-12-7-8-17-29-20)23-14-9-16-27(3)19-10-5-4-6-11-19;/h4-6,10-11,20H,7-9,12-18H2,1-3H3,(H2,23,24,25);1H. The molecule has 170 valence electrons. The molecule has 0 radical (unpaired) electrons. The topological polar surface area (TPSA) is 69.2 Å². The van der Waals surface area contributed by atoms with E-state index in [9.17, 15) is 4.79 Å². The first-order valence-corrected chi connectivity index (χ1v) is 10.7. The Hall–Kier alpha value is -1.55. The quantitative estimate of drug-likeness (QED) is 0.210. The van der Waals surface area contributed by atoms with Gasteiger partial charge in [0.25, 0.3) is 0 Å². The molecule has 0 saturated carbocycles. The summed E-state index contributed by atoms with van der Waals surface area (Å²) >= 11 is 0. The summed E-state index contributed by atoms with van der Waals surface area (Å²) in [6.45, 7) is 3.54. The summed E-state index contributed by atoms with van der Waals surface area (Å²) in [6, 6.07) is 10.4. The number of nitrogens with zero attached hydrogens (tertiary/aromatic N) is 3. The van der Waals surface area contributed by atoms with Crippen molar-refractivity contribution in [2.75, 3.05) is 58.8 Å². The third-order valence-corrected chi connectivity index (χ3v) is 5.06. The molecule has 1 unspecified atom stereocenters. The highest BCUT2D eigenvalue weighted by Crippen LogP contribution is 2.14. The number of benzene rings is 1. The molecule has 0 aliphatic carbocycles. The van der Waals surface area contributed by atoms with Crippen LogP contribution in [-0.2, 0) is 9.53 Å². The molecule has 7 nitrogen and oxygen atoms in total. The maximum Gasteiger partial charge on any atom is 0.243 e. The summed E-state index contributed by atoms with van der Waals surface area (Å²) in [6.07, 6.45) is 5.81. The van der Waals surface area contributed by atoms with E-state index in [2.05, 4.69) is 51.8 Å². The van der Waals surface area contributed by atoms with Gasteiger partial charge in [-0.2, -0.15) is 0 Å². The van der Waals surface area contributed by atoms with E-state index in [0.29, 0.717) is 12.1 Å². The summed E-state index contributed by atoms with van der Waals surface area (Å²) in [4.78, 5) is 20.1. The number of amides is 1. The number of aliphatic imine (C=N–C) groups is 1. The highest BCUT2D eigenvalue weighted by Gasteiger charge is 2.13. The largest absolute Gasteiger partial charge is 0.378 e. The van der Waals surface area contributed by atoms with E-state index in [-0.39, 0.29) is 36.4 Å². The number of halogens is 1. The van der Waals surface area contributed by atoms with E-state index < -0.39 is 0 Å². The van der Waals surface area contributed by atoms with Gasteiger partial charge in [-0.25, -0.2) is 4.99 Å². The van der Waals surface area contributed by atoms with Gasteiger partial charge in [0.15, 0.2) is 5.96 Å². The highest BCUT2D eigenvalue weighted by molar-refractivity contribution is 14.0. The Morgan fingerprint density at radius 3 is 2.53 bits per heavy atom. The Bertz CT molecular complexity index is 621. The van der Waals surface area contributed by atoms with Gasteiger partial charge in [-0.3, -0.25) is 4.79 Å². The molecule has 0 aromatic heterocycles. The second-order valence-corrected chi connectivity index (χ2v) is 7.69. The van der Waals surface area contributed by atoms with Crippen LogP contribution in [0.25, 0.3) is 0 Å². The number of rotatable bonds is 10. The first kappa shape index (κ1) is 26.5. The lowest BCUT2D eigenvalue weighted by Crippen LogP contribution is -2.41. The minimum absolute atomic E-state index is 0. The number of likely N-dealkylation sites (N-methyl/N-ethyl adjacent to an activating group) is 1. The molecule has 2 N–H and O–H groups in total. The van der Waals surface area contributed by atoms with Crippen LogP contribution < -0.4 is 15.5 Å². The number of carbonyl (C=O) groups excluding carboxylic acids is 1. The third-order valence-electron chi connectivity index (χ3n) is 5.06. The first-order valence-electron chi connectivity index (χ1n) is 10.7. The van der Waals surface area contributed by atoms with E-state index in [1.54, 1.807) is 19.0 Å². The molecular weight excluding hydrogens is 493 g/mol. The van der Waals surface area contributed by atoms with Crippen LogP contribution in [0.2, 0.25) is 0 Å². The van der Waals surface area contributed by atoms with E-state index in [0.717, 1.165) is 45.5 Å². The summed E-state index contributed by atoms with van der Waals surface area (Å²) in [7, 11) is 5.60. The number of anilines is 1. The zero-order valence-corrected chi connectivity index (χ0v) is 20.9. The predicted octanol–water partition coefficient (Wildman–Crippen LogP) is 2.71. The molecule has 1 atom stereocenters. The molecule has 2 rings (SSSR count). The average molecular weight is 531 g/mol. The maximum atomic E-state index is 11.9. The maximum absolute atomic E-state index is 11.9.